The van der Waals surface area contributed by atoms with Gasteiger partial charge in [-0.1, -0.05) is 0 Å². The Labute approximate surface area is 144 Å². The highest BCUT2D eigenvalue weighted by atomic mass is 19.3. The van der Waals surface area contributed by atoms with E-state index in [0.717, 1.165) is 0 Å². The van der Waals surface area contributed by atoms with Crippen molar-refractivity contribution in [1.29, 1.82) is 0 Å². The van der Waals surface area contributed by atoms with Gasteiger partial charge >= 0.3 is 18.6 Å². The molecule has 2 amide bonds. The lowest BCUT2D eigenvalue weighted by molar-refractivity contribution is -0.139. The number of halogens is 2. The molecule has 1 atom stereocenters. The lowest BCUT2D eigenvalue weighted by Gasteiger charge is -2.29. The fraction of sp³-hybridized carbons (Fsp3) is 0.412. The molecule has 6 nitrogen and oxygen atoms in total. The van der Waals surface area contributed by atoms with E-state index in [0.29, 0.717) is 22.4 Å². The van der Waals surface area contributed by atoms with Crippen molar-refractivity contribution < 1.29 is 27.8 Å². The number of allylic oxidation sites excluding steroid dienone is 1. The van der Waals surface area contributed by atoms with E-state index in [-0.39, 0.29) is 17.9 Å². The van der Waals surface area contributed by atoms with Crippen LogP contribution in [0.5, 0.6) is 5.75 Å². The van der Waals surface area contributed by atoms with Crippen LogP contribution in [0.25, 0.3) is 0 Å². The van der Waals surface area contributed by atoms with Crippen molar-refractivity contribution in [2.75, 3.05) is 6.61 Å². The van der Waals surface area contributed by atoms with Crippen LogP contribution >= 0.6 is 0 Å². The average Bonchev–Trinajstić information content (AvgIpc) is 2.49. The number of hydrogen-bond acceptors (Lipinski definition) is 4. The number of amides is 2. The van der Waals surface area contributed by atoms with Gasteiger partial charge in [0, 0.05) is 5.70 Å². The molecule has 1 heterocycles. The van der Waals surface area contributed by atoms with Gasteiger partial charge in [0.1, 0.15) is 5.75 Å². The summed E-state index contributed by atoms with van der Waals surface area (Å²) in [6.45, 7) is 3.79. The largest absolute Gasteiger partial charge is 0.463 e. The maximum absolute atomic E-state index is 12.5. The van der Waals surface area contributed by atoms with Gasteiger partial charge in [-0.25, -0.2) is 9.59 Å². The van der Waals surface area contributed by atoms with E-state index in [1.165, 1.54) is 0 Å². The molecule has 1 aliphatic heterocycles. The van der Waals surface area contributed by atoms with Crippen LogP contribution in [0.1, 0.15) is 36.6 Å². The van der Waals surface area contributed by atoms with Crippen molar-refractivity contribution >= 4 is 12.0 Å². The molecule has 0 bridgehead atoms. The third-order valence-corrected chi connectivity index (χ3v) is 3.79. The summed E-state index contributed by atoms with van der Waals surface area (Å²) in [6, 6.07) is 2.01. The molecule has 0 fully saturated rings. The third kappa shape index (κ3) is 4.07. The molecule has 1 aliphatic rings. The molecule has 1 aromatic rings. The minimum absolute atomic E-state index is 0.0809. The number of carbonyl (C=O) groups excluding carboxylic acids is 2. The fourth-order valence-electron chi connectivity index (χ4n) is 2.85. The van der Waals surface area contributed by atoms with Crippen LogP contribution in [0.2, 0.25) is 0 Å². The van der Waals surface area contributed by atoms with Crippen LogP contribution in [0, 0.1) is 13.8 Å². The van der Waals surface area contributed by atoms with Crippen LogP contribution in [-0.2, 0) is 9.53 Å². The molecule has 0 unspecified atom stereocenters. The number of rotatable bonds is 5. The maximum atomic E-state index is 12.5. The van der Waals surface area contributed by atoms with Crippen molar-refractivity contribution in [2.24, 2.45) is 0 Å². The second-order valence-electron chi connectivity index (χ2n) is 5.65. The van der Waals surface area contributed by atoms with Crippen molar-refractivity contribution in [3.8, 4) is 5.75 Å². The van der Waals surface area contributed by atoms with E-state index >= 15 is 0 Å². The summed E-state index contributed by atoms with van der Waals surface area (Å²) in [7, 11) is 0. The molecule has 25 heavy (non-hydrogen) atoms. The number of carbonyl (C=O) groups is 2. The van der Waals surface area contributed by atoms with E-state index < -0.39 is 24.7 Å². The average molecular weight is 354 g/mol. The van der Waals surface area contributed by atoms with E-state index in [1.54, 1.807) is 39.8 Å². The number of alkyl halides is 2. The van der Waals surface area contributed by atoms with Gasteiger partial charge < -0.3 is 20.1 Å². The second kappa shape index (κ2) is 7.50. The van der Waals surface area contributed by atoms with Crippen LogP contribution in [0.15, 0.2) is 23.4 Å². The minimum Gasteiger partial charge on any atom is -0.463 e. The summed E-state index contributed by atoms with van der Waals surface area (Å²) in [5, 5.41) is 5.21. The Morgan fingerprint density at radius 1 is 1.24 bits per heavy atom. The Morgan fingerprint density at radius 2 is 1.84 bits per heavy atom. The quantitative estimate of drug-likeness (QED) is 0.797. The fourth-order valence-corrected chi connectivity index (χ4v) is 2.85. The van der Waals surface area contributed by atoms with Gasteiger partial charge in [0.25, 0.3) is 0 Å². The summed E-state index contributed by atoms with van der Waals surface area (Å²) in [5.41, 5.74) is 2.18. The monoisotopic (exact) mass is 354 g/mol. The Kier molecular flexibility index (Phi) is 5.61. The summed E-state index contributed by atoms with van der Waals surface area (Å²) >= 11 is 0. The molecule has 0 saturated heterocycles. The standard InChI is InChI=1S/C17H20F2N2O4/c1-5-24-15(22)12-10(4)20-17(23)21-13(12)11-6-8(2)14(9(3)7-11)25-16(18)19/h6-7,13,16H,5H2,1-4H3,(H2,20,21,23)/t13-/m1/s1. The summed E-state index contributed by atoms with van der Waals surface area (Å²) in [5.74, 6) is -0.474. The summed E-state index contributed by atoms with van der Waals surface area (Å²) < 4.78 is 34.7. The summed E-state index contributed by atoms with van der Waals surface area (Å²) in [4.78, 5) is 24.1. The molecule has 0 radical (unpaired) electrons. The van der Waals surface area contributed by atoms with E-state index in [1.807, 2.05) is 0 Å². The number of aryl methyl sites for hydroxylation is 2. The molecular weight excluding hydrogens is 334 g/mol. The number of esters is 1. The van der Waals surface area contributed by atoms with E-state index in [2.05, 4.69) is 15.4 Å². The zero-order valence-electron chi connectivity index (χ0n) is 14.4. The molecule has 0 aliphatic carbocycles. The predicted molar refractivity (Wildman–Crippen MR) is 86.3 cm³/mol. The molecule has 8 heteroatoms. The molecule has 136 valence electrons. The van der Waals surface area contributed by atoms with Gasteiger partial charge in [-0.05, 0) is 56.5 Å². The first-order valence-electron chi connectivity index (χ1n) is 7.76. The topological polar surface area (TPSA) is 76.7 Å². The molecule has 0 spiro atoms. The number of urea groups is 1. The Hall–Kier alpha value is -2.64. The molecule has 2 N–H and O–H groups in total. The van der Waals surface area contributed by atoms with E-state index in [9.17, 15) is 18.4 Å². The maximum Gasteiger partial charge on any atom is 0.387 e. The van der Waals surface area contributed by atoms with Gasteiger partial charge in [0.15, 0.2) is 0 Å². The molecule has 1 aromatic carbocycles. The smallest absolute Gasteiger partial charge is 0.387 e. The SMILES string of the molecule is CCOC(=O)C1=C(C)NC(=O)N[C@@H]1c1cc(C)c(OC(F)F)c(C)c1. The van der Waals surface area contributed by atoms with Crippen LogP contribution in [-0.4, -0.2) is 25.2 Å². The molecule has 0 aromatic heterocycles. The normalized spacial score (nSPS) is 17.2. The first-order chi connectivity index (χ1) is 11.7. The van der Waals surface area contributed by atoms with Gasteiger partial charge in [-0.3, -0.25) is 0 Å². The predicted octanol–water partition coefficient (Wildman–Crippen LogP) is 3.10. The lowest BCUT2D eigenvalue weighted by atomic mass is 9.92. The number of nitrogens with one attached hydrogen (secondary N) is 2. The Bertz CT molecular complexity index is 708. The number of benzene rings is 1. The van der Waals surface area contributed by atoms with E-state index in [4.69, 9.17) is 4.74 Å². The first kappa shape index (κ1) is 18.7. The van der Waals surface area contributed by atoms with Crippen LogP contribution in [0.3, 0.4) is 0 Å². The summed E-state index contributed by atoms with van der Waals surface area (Å²) in [6.07, 6.45) is 0. The number of ether oxygens (including phenoxy) is 2. The molecular formula is C17H20F2N2O4. The van der Waals surface area contributed by atoms with Crippen molar-refractivity contribution in [2.45, 2.75) is 40.3 Å². The van der Waals surface area contributed by atoms with Crippen molar-refractivity contribution in [3.05, 3.63) is 40.1 Å². The number of hydrogen-bond donors (Lipinski definition) is 2. The highest BCUT2D eigenvalue weighted by molar-refractivity contribution is 5.95. The second-order valence-corrected chi connectivity index (χ2v) is 5.65. The zero-order chi connectivity index (χ0) is 18.7. The van der Waals surface area contributed by atoms with Crippen molar-refractivity contribution in [3.63, 3.8) is 0 Å². The Morgan fingerprint density at radius 3 is 2.36 bits per heavy atom. The zero-order valence-corrected chi connectivity index (χ0v) is 14.4. The lowest BCUT2D eigenvalue weighted by Crippen LogP contribution is -2.45. The third-order valence-electron chi connectivity index (χ3n) is 3.79. The van der Waals surface area contributed by atoms with Crippen LogP contribution in [0.4, 0.5) is 13.6 Å². The van der Waals surface area contributed by atoms with Gasteiger partial charge in [-0.15, -0.1) is 0 Å². The van der Waals surface area contributed by atoms with Crippen LogP contribution < -0.4 is 15.4 Å². The molecule has 2 rings (SSSR count). The highest BCUT2D eigenvalue weighted by Gasteiger charge is 2.32. The first-order valence-corrected chi connectivity index (χ1v) is 7.76. The minimum atomic E-state index is -2.93. The Balaban J connectivity index is 2.49. The molecule has 0 saturated carbocycles. The van der Waals surface area contributed by atoms with Crippen molar-refractivity contribution in [1.82, 2.24) is 10.6 Å². The van der Waals surface area contributed by atoms with Gasteiger partial charge in [0.05, 0.1) is 18.2 Å². The van der Waals surface area contributed by atoms with Gasteiger partial charge in [0.2, 0.25) is 0 Å². The van der Waals surface area contributed by atoms with Gasteiger partial charge in [-0.2, -0.15) is 8.78 Å². The highest BCUT2D eigenvalue weighted by Crippen LogP contribution is 2.33.